The fraction of sp³-hybridized carbons (Fsp3) is 0.500. The number of ether oxygens (including phenoxy) is 2. The number of hydrogen-bond donors (Lipinski definition) is 1. The molecule has 1 rings (SSSR count). The molecule has 0 aromatic heterocycles. The number of esters is 1. The predicted molar refractivity (Wildman–Crippen MR) is 70.3 cm³/mol. The van der Waals surface area contributed by atoms with Crippen LogP contribution in [-0.2, 0) is 9.53 Å². The average Bonchev–Trinajstić information content (AvgIpc) is 2.35. The Labute approximate surface area is 108 Å². The Kier molecular flexibility index (Phi) is 4.73. The Hall–Kier alpha value is -1.55. The van der Waals surface area contributed by atoms with Crippen molar-refractivity contribution >= 4 is 5.97 Å². The van der Waals surface area contributed by atoms with E-state index >= 15 is 0 Å². The van der Waals surface area contributed by atoms with Gasteiger partial charge in [0.05, 0.1) is 12.5 Å². The number of carbonyl (C=O) groups is 1. The maximum atomic E-state index is 11.5. The number of hydrogen-bond acceptors (Lipinski definition) is 4. The number of rotatable bonds is 5. The van der Waals surface area contributed by atoms with Crippen LogP contribution in [-0.4, -0.2) is 19.7 Å². The van der Waals surface area contributed by atoms with Gasteiger partial charge in [-0.15, -0.1) is 0 Å². The highest BCUT2D eigenvalue weighted by Gasteiger charge is 2.29. The van der Waals surface area contributed by atoms with Crippen LogP contribution in [0.1, 0.15) is 32.4 Å². The molecule has 0 amide bonds. The first kappa shape index (κ1) is 14.5. The molecular formula is C14H21NO3. The van der Waals surface area contributed by atoms with Gasteiger partial charge in [0.15, 0.2) is 0 Å². The van der Waals surface area contributed by atoms with Crippen LogP contribution in [0.5, 0.6) is 5.75 Å². The van der Waals surface area contributed by atoms with Gasteiger partial charge in [-0.2, -0.15) is 0 Å². The van der Waals surface area contributed by atoms with Gasteiger partial charge < -0.3 is 15.2 Å². The second kappa shape index (κ2) is 5.87. The van der Waals surface area contributed by atoms with E-state index in [9.17, 15) is 4.79 Å². The smallest absolute Gasteiger partial charge is 0.314 e. The van der Waals surface area contributed by atoms with Crippen molar-refractivity contribution in [1.29, 1.82) is 0 Å². The van der Waals surface area contributed by atoms with E-state index in [1.807, 2.05) is 31.2 Å². The van der Waals surface area contributed by atoms with E-state index in [4.69, 9.17) is 15.2 Å². The average molecular weight is 251 g/mol. The van der Waals surface area contributed by atoms with Crippen LogP contribution in [0.25, 0.3) is 0 Å². The molecule has 0 saturated carbocycles. The SMILES string of the molecule is COC(=O)C(C)(C)COc1cccc([C@H](C)N)c1. The molecule has 0 heterocycles. The Morgan fingerprint density at radius 1 is 1.44 bits per heavy atom. The molecule has 0 aliphatic rings. The topological polar surface area (TPSA) is 61.5 Å². The molecule has 18 heavy (non-hydrogen) atoms. The summed E-state index contributed by atoms with van der Waals surface area (Å²) in [5.74, 6) is 0.424. The highest BCUT2D eigenvalue weighted by atomic mass is 16.5. The lowest BCUT2D eigenvalue weighted by Gasteiger charge is -2.22. The summed E-state index contributed by atoms with van der Waals surface area (Å²) in [5.41, 5.74) is 6.14. The van der Waals surface area contributed by atoms with Crippen LogP contribution in [0.4, 0.5) is 0 Å². The van der Waals surface area contributed by atoms with Crippen molar-refractivity contribution in [2.45, 2.75) is 26.8 Å². The van der Waals surface area contributed by atoms with Crippen molar-refractivity contribution in [1.82, 2.24) is 0 Å². The zero-order valence-electron chi connectivity index (χ0n) is 11.4. The van der Waals surface area contributed by atoms with Crippen molar-refractivity contribution < 1.29 is 14.3 Å². The summed E-state index contributed by atoms with van der Waals surface area (Å²) in [7, 11) is 1.38. The lowest BCUT2D eigenvalue weighted by atomic mass is 9.95. The zero-order chi connectivity index (χ0) is 13.8. The number of nitrogens with two attached hydrogens (primary N) is 1. The van der Waals surface area contributed by atoms with E-state index < -0.39 is 5.41 Å². The third-order valence-electron chi connectivity index (χ3n) is 2.72. The fourth-order valence-corrected chi connectivity index (χ4v) is 1.49. The van der Waals surface area contributed by atoms with Gasteiger partial charge in [0.2, 0.25) is 0 Å². The summed E-state index contributed by atoms with van der Waals surface area (Å²) in [6.45, 7) is 5.75. The van der Waals surface area contributed by atoms with E-state index in [1.54, 1.807) is 13.8 Å². The Morgan fingerprint density at radius 2 is 2.11 bits per heavy atom. The van der Waals surface area contributed by atoms with Crippen molar-refractivity contribution in [3.8, 4) is 5.75 Å². The summed E-state index contributed by atoms with van der Waals surface area (Å²) in [6.07, 6.45) is 0. The van der Waals surface area contributed by atoms with E-state index in [2.05, 4.69) is 0 Å². The van der Waals surface area contributed by atoms with Crippen molar-refractivity contribution in [2.24, 2.45) is 11.1 Å². The van der Waals surface area contributed by atoms with Gasteiger partial charge in [0.1, 0.15) is 12.4 Å². The molecule has 0 bridgehead atoms. The second-order valence-corrected chi connectivity index (χ2v) is 5.03. The minimum Gasteiger partial charge on any atom is -0.492 e. The molecule has 1 aromatic rings. The standard InChI is InChI=1S/C14H21NO3/c1-10(15)11-6-5-7-12(8-11)18-9-14(2,3)13(16)17-4/h5-8,10H,9,15H2,1-4H3/t10-/m0/s1. The molecule has 1 aromatic carbocycles. The van der Waals surface area contributed by atoms with Crippen LogP contribution < -0.4 is 10.5 Å². The van der Waals surface area contributed by atoms with Gasteiger partial charge in [0, 0.05) is 6.04 Å². The van der Waals surface area contributed by atoms with Crippen molar-refractivity contribution in [3.05, 3.63) is 29.8 Å². The van der Waals surface area contributed by atoms with Crippen LogP contribution >= 0.6 is 0 Å². The van der Waals surface area contributed by atoms with E-state index in [0.29, 0.717) is 5.75 Å². The molecule has 100 valence electrons. The fourth-order valence-electron chi connectivity index (χ4n) is 1.49. The van der Waals surface area contributed by atoms with Crippen molar-refractivity contribution in [2.75, 3.05) is 13.7 Å². The lowest BCUT2D eigenvalue weighted by Crippen LogP contribution is -2.32. The Balaban J connectivity index is 2.69. The molecule has 4 heteroatoms. The lowest BCUT2D eigenvalue weighted by molar-refractivity contribution is -0.152. The second-order valence-electron chi connectivity index (χ2n) is 5.03. The van der Waals surface area contributed by atoms with E-state index in [-0.39, 0.29) is 18.6 Å². The molecule has 0 aliphatic heterocycles. The number of methoxy groups -OCH3 is 1. The molecule has 0 radical (unpaired) electrons. The van der Waals surface area contributed by atoms with Gasteiger partial charge in [-0.1, -0.05) is 12.1 Å². The molecule has 0 fully saturated rings. The van der Waals surface area contributed by atoms with Gasteiger partial charge in [-0.05, 0) is 38.5 Å². The minimum absolute atomic E-state index is 0.0397. The third kappa shape index (κ3) is 3.74. The first-order valence-corrected chi connectivity index (χ1v) is 5.93. The predicted octanol–water partition coefficient (Wildman–Crippen LogP) is 2.28. The molecular weight excluding hydrogens is 230 g/mol. The van der Waals surface area contributed by atoms with E-state index in [1.165, 1.54) is 7.11 Å². The van der Waals surface area contributed by atoms with Crippen LogP contribution in [0.3, 0.4) is 0 Å². The zero-order valence-corrected chi connectivity index (χ0v) is 11.4. The Morgan fingerprint density at radius 3 is 2.67 bits per heavy atom. The van der Waals surface area contributed by atoms with Crippen LogP contribution in [0.2, 0.25) is 0 Å². The largest absolute Gasteiger partial charge is 0.492 e. The summed E-state index contributed by atoms with van der Waals surface area (Å²) in [5, 5.41) is 0. The monoisotopic (exact) mass is 251 g/mol. The quantitative estimate of drug-likeness (QED) is 0.816. The first-order valence-electron chi connectivity index (χ1n) is 5.93. The van der Waals surface area contributed by atoms with Crippen molar-refractivity contribution in [3.63, 3.8) is 0 Å². The summed E-state index contributed by atoms with van der Waals surface area (Å²) < 4.78 is 10.4. The van der Waals surface area contributed by atoms with Gasteiger partial charge in [-0.3, -0.25) is 4.79 Å². The molecule has 0 saturated heterocycles. The van der Waals surface area contributed by atoms with Gasteiger partial charge in [0.25, 0.3) is 0 Å². The summed E-state index contributed by atoms with van der Waals surface area (Å²) in [6, 6.07) is 7.53. The third-order valence-corrected chi connectivity index (χ3v) is 2.72. The minimum atomic E-state index is -0.668. The van der Waals surface area contributed by atoms with Gasteiger partial charge >= 0.3 is 5.97 Å². The maximum absolute atomic E-state index is 11.5. The van der Waals surface area contributed by atoms with Crippen LogP contribution in [0.15, 0.2) is 24.3 Å². The normalized spacial score (nSPS) is 12.9. The maximum Gasteiger partial charge on any atom is 0.314 e. The summed E-state index contributed by atoms with van der Waals surface area (Å²) in [4.78, 5) is 11.5. The molecule has 2 N–H and O–H groups in total. The molecule has 0 spiro atoms. The summed E-state index contributed by atoms with van der Waals surface area (Å²) >= 11 is 0. The highest BCUT2D eigenvalue weighted by molar-refractivity contribution is 5.75. The highest BCUT2D eigenvalue weighted by Crippen LogP contribution is 2.22. The first-order chi connectivity index (χ1) is 8.36. The van der Waals surface area contributed by atoms with Crippen LogP contribution in [0, 0.1) is 5.41 Å². The molecule has 4 nitrogen and oxygen atoms in total. The molecule has 1 atom stereocenters. The number of carbonyl (C=O) groups excluding carboxylic acids is 1. The molecule has 0 aliphatic carbocycles. The van der Waals surface area contributed by atoms with E-state index in [0.717, 1.165) is 5.56 Å². The molecule has 0 unspecified atom stereocenters. The van der Waals surface area contributed by atoms with Gasteiger partial charge in [-0.25, -0.2) is 0 Å². The Bertz CT molecular complexity index is 413. The number of benzene rings is 1.